The summed E-state index contributed by atoms with van der Waals surface area (Å²) in [7, 11) is 1.86. The highest BCUT2D eigenvalue weighted by atomic mass is 35.5. The molecule has 0 aliphatic carbocycles. The van der Waals surface area contributed by atoms with Crippen molar-refractivity contribution in [1.29, 1.82) is 0 Å². The van der Waals surface area contributed by atoms with E-state index in [9.17, 15) is 0 Å². The Hall–Kier alpha value is -2.07. The lowest BCUT2D eigenvalue weighted by atomic mass is 10.1. The van der Waals surface area contributed by atoms with Gasteiger partial charge in [-0.05, 0) is 5.56 Å². The summed E-state index contributed by atoms with van der Waals surface area (Å²) in [6, 6.07) is 9.94. The summed E-state index contributed by atoms with van der Waals surface area (Å²) in [5.74, 6) is 1.47. The molecule has 0 spiro atoms. The number of imidazole rings is 1. The molecule has 2 aromatic heterocycles. The largest absolute Gasteiger partial charge is 0.374 e. The van der Waals surface area contributed by atoms with Gasteiger partial charge in [0.15, 0.2) is 0 Å². The van der Waals surface area contributed by atoms with Crippen molar-refractivity contribution in [2.45, 2.75) is 0 Å². The van der Waals surface area contributed by atoms with Gasteiger partial charge in [0.05, 0.1) is 5.56 Å². The van der Waals surface area contributed by atoms with Gasteiger partial charge in [-0.15, -0.1) is 0 Å². The molecule has 0 aliphatic heterocycles. The maximum Gasteiger partial charge on any atom is 0.236 e. The van der Waals surface area contributed by atoms with Crippen molar-refractivity contribution in [3.05, 3.63) is 47.9 Å². The number of nitrogens with zero attached hydrogens (tertiary/aromatic N) is 3. The van der Waals surface area contributed by atoms with Crippen molar-refractivity contribution in [3.63, 3.8) is 0 Å². The van der Waals surface area contributed by atoms with Gasteiger partial charge in [-0.2, -0.15) is 4.98 Å². The first-order valence-electron chi connectivity index (χ1n) is 5.57. The summed E-state index contributed by atoms with van der Waals surface area (Å²) in [4.78, 5) is 8.45. The molecule has 0 bridgehead atoms. The summed E-state index contributed by atoms with van der Waals surface area (Å²) >= 11 is 6.27. The standard InChI is InChI=1S/C13H11ClN4/c1-15-12-10(9-5-3-2-4-6-9)11(14)17-13-16-7-8-18(12)13/h2-8,15H,1H3. The van der Waals surface area contributed by atoms with E-state index in [0.717, 1.165) is 16.9 Å². The van der Waals surface area contributed by atoms with Gasteiger partial charge in [-0.3, -0.25) is 4.40 Å². The van der Waals surface area contributed by atoms with Crippen molar-refractivity contribution < 1.29 is 0 Å². The summed E-state index contributed by atoms with van der Waals surface area (Å²) in [6.45, 7) is 0. The first-order valence-corrected chi connectivity index (χ1v) is 5.95. The molecule has 3 aromatic rings. The Labute approximate surface area is 109 Å². The molecule has 2 heterocycles. The van der Waals surface area contributed by atoms with Crippen LogP contribution in [0, 0.1) is 0 Å². The molecule has 1 aromatic carbocycles. The van der Waals surface area contributed by atoms with Gasteiger partial charge < -0.3 is 5.32 Å². The molecule has 5 heteroatoms. The van der Waals surface area contributed by atoms with Gasteiger partial charge in [0.2, 0.25) is 5.78 Å². The summed E-state index contributed by atoms with van der Waals surface area (Å²) in [6.07, 6.45) is 3.56. The third kappa shape index (κ3) is 1.62. The van der Waals surface area contributed by atoms with Crippen LogP contribution in [0.25, 0.3) is 16.9 Å². The van der Waals surface area contributed by atoms with Crippen molar-refractivity contribution >= 4 is 23.2 Å². The van der Waals surface area contributed by atoms with Gasteiger partial charge in [0.25, 0.3) is 0 Å². The molecule has 3 rings (SSSR count). The van der Waals surface area contributed by atoms with Crippen molar-refractivity contribution in [2.24, 2.45) is 0 Å². The lowest BCUT2D eigenvalue weighted by molar-refractivity contribution is 1.11. The summed E-state index contributed by atoms with van der Waals surface area (Å²) in [5.41, 5.74) is 1.90. The van der Waals surface area contributed by atoms with E-state index in [1.165, 1.54) is 0 Å². The molecule has 18 heavy (non-hydrogen) atoms. The molecule has 0 unspecified atom stereocenters. The molecule has 0 radical (unpaired) electrons. The van der Waals surface area contributed by atoms with E-state index in [1.807, 2.05) is 48.0 Å². The zero-order valence-electron chi connectivity index (χ0n) is 9.76. The van der Waals surface area contributed by atoms with E-state index < -0.39 is 0 Å². The number of rotatable bonds is 2. The van der Waals surface area contributed by atoms with Crippen LogP contribution in [0.3, 0.4) is 0 Å². The van der Waals surface area contributed by atoms with Crippen LogP contribution in [0.15, 0.2) is 42.7 Å². The molecule has 90 valence electrons. The lowest BCUT2D eigenvalue weighted by Gasteiger charge is -2.12. The van der Waals surface area contributed by atoms with E-state index >= 15 is 0 Å². The number of fused-ring (bicyclic) bond motifs is 1. The monoisotopic (exact) mass is 258 g/mol. The SMILES string of the molecule is CNc1c(-c2ccccc2)c(Cl)nc2nccn12. The predicted octanol–water partition coefficient (Wildman–Crippen LogP) is 3.09. The topological polar surface area (TPSA) is 42.2 Å². The van der Waals surface area contributed by atoms with E-state index in [4.69, 9.17) is 11.6 Å². The third-order valence-electron chi connectivity index (χ3n) is 2.80. The Kier molecular flexibility index (Phi) is 2.64. The average Bonchev–Trinajstić information content (AvgIpc) is 2.85. The van der Waals surface area contributed by atoms with Gasteiger partial charge in [-0.25, -0.2) is 4.98 Å². The third-order valence-corrected chi connectivity index (χ3v) is 3.08. The zero-order chi connectivity index (χ0) is 12.5. The Bertz CT molecular complexity index is 691. The maximum atomic E-state index is 6.27. The Morgan fingerprint density at radius 1 is 1.22 bits per heavy atom. The quantitative estimate of drug-likeness (QED) is 0.719. The highest BCUT2D eigenvalue weighted by Crippen LogP contribution is 2.33. The van der Waals surface area contributed by atoms with Gasteiger partial charge >= 0.3 is 0 Å². The van der Waals surface area contributed by atoms with Crippen LogP contribution in [0.1, 0.15) is 0 Å². The normalized spacial score (nSPS) is 10.8. The van der Waals surface area contributed by atoms with E-state index in [-0.39, 0.29) is 0 Å². The fourth-order valence-electron chi connectivity index (χ4n) is 2.02. The molecule has 0 amide bonds. The number of hydrogen-bond donors (Lipinski definition) is 1. The van der Waals surface area contributed by atoms with Crippen LogP contribution in [0.4, 0.5) is 5.82 Å². The van der Waals surface area contributed by atoms with Crippen LogP contribution >= 0.6 is 11.6 Å². The van der Waals surface area contributed by atoms with Gasteiger partial charge in [-0.1, -0.05) is 41.9 Å². The summed E-state index contributed by atoms with van der Waals surface area (Å²) in [5, 5.41) is 3.61. The molecule has 4 nitrogen and oxygen atoms in total. The lowest BCUT2D eigenvalue weighted by Crippen LogP contribution is -2.03. The minimum Gasteiger partial charge on any atom is -0.374 e. The van der Waals surface area contributed by atoms with E-state index in [1.54, 1.807) is 6.20 Å². The van der Waals surface area contributed by atoms with Crippen LogP contribution in [0.2, 0.25) is 5.15 Å². The van der Waals surface area contributed by atoms with Crippen LogP contribution in [-0.2, 0) is 0 Å². The van der Waals surface area contributed by atoms with Crippen molar-refractivity contribution in [2.75, 3.05) is 12.4 Å². The molecular formula is C13H11ClN4. The highest BCUT2D eigenvalue weighted by Gasteiger charge is 2.14. The summed E-state index contributed by atoms with van der Waals surface area (Å²) < 4.78 is 1.88. The number of anilines is 1. The second-order valence-electron chi connectivity index (χ2n) is 3.84. The number of aromatic nitrogens is 3. The second kappa shape index (κ2) is 4.31. The van der Waals surface area contributed by atoms with Crippen molar-refractivity contribution in [1.82, 2.24) is 14.4 Å². The number of benzene rings is 1. The Morgan fingerprint density at radius 2 is 2.00 bits per heavy atom. The minimum atomic E-state index is 0.448. The van der Waals surface area contributed by atoms with E-state index in [0.29, 0.717) is 10.9 Å². The molecule has 0 saturated heterocycles. The first kappa shape index (κ1) is 11.0. The molecular weight excluding hydrogens is 248 g/mol. The highest BCUT2D eigenvalue weighted by molar-refractivity contribution is 6.32. The maximum absolute atomic E-state index is 6.27. The number of halogens is 1. The smallest absolute Gasteiger partial charge is 0.236 e. The molecule has 1 N–H and O–H groups in total. The van der Waals surface area contributed by atoms with Crippen LogP contribution in [-0.4, -0.2) is 21.4 Å². The molecule has 0 saturated carbocycles. The van der Waals surface area contributed by atoms with Crippen LogP contribution in [0.5, 0.6) is 0 Å². The van der Waals surface area contributed by atoms with Crippen molar-refractivity contribution in [3.8, 4) is 11.1 Å². The predicted molar refractivity (Wildman–Crippen MR) is 73.0 cm³/mol. The number of nitrogens with one attached hydrogen (secondary N) is 1. The molecule has 0 fully saturated rings. The van der Waals surface area contributed by atoms with Gasteiger partial charge in [0, 0.05) is 19.4 Å². The fraction of sp³-hybridized carbons (Fsp3) is 0.0769. The second-order valence-corrected chi connectivity index (χ2v) is 4.20. The zero-order valence-corrected chi connectivity index (χ0v) is 10.5. The average molecular weight is 259 g/mol. The fourth-order valence-corrected chi connectivity index (χ4v) is 2.29. The minimum absolute atomic E-state index is 0.448. The van der Waals surface area contributed by atoms with Crippen LogP contribution < -0.4 is 5.32 Å². The van der Waals surface area contributed by atoms with Gasteiger partial charge in [0.1, 0.15) is 11.0 Å². The number of hydrogen-bond acceptors (Lipinski definition) is 3. The first-order chi connectivity index (χ1) is 8.81. The molecule has 0 aliphatic rings. The molecule has 0 atom stereocenters. The Balaban J connectivity index is 2.37. The Morgan fingerprint density at radius 3 is 2.72 bits per heavy atom. The van der Waals surface area contributed by atoms with E-state index in [2.05, 4.69) is 15.3 Å².